The molecule has 0 aliphatic heterocycles. The summed E-state index contributed by atoms with van der Waals surface area (Å²) in [5, 5.41) is 10.3. The quantitative estimate of drug-likeness (QED) is 0.306. The highest BCUT2D eigenvalue weighted by atomic mass is 35.5. The molecule has 1 saturated carbocycles. The van der Waals surface area contributed by atoms with E-state index in [1.165, 1.54) is 18.4 Å². The van der Waals surface area contributed by atoms with E-state index in [1.807, 2.05) is 13.8 Å². The predicted molar refractivity (Wildman–Crippen MR) is 138 cm³/mol. The van der Waals surface area contributed by atoms with Gasteiger partial charge in [0.1, 0.15) is 0 Å². The Hall–Kier alpha value is -2.98. The lowest BCUT2D eigenvalue weighted by Crippen LogP contribution is -2.37. The van der Waals surface area contributed by atoms with Crippen molar-refractivity contribution in [2.45, 2.75) is 45.1 Å². The number of carbonyl (C=O) groups is 1. The number of amides is 1. The van der Waals surface area contributed by atoms with E-state index in [9.17, 15) is 4.79 Å². The van der Waals surface area contributed by atoms with E-state index in [-0.39, 0.29) is 11.9 Å². The summed E-state index contributed by atoms with van der Waals surface area (Å²) in [5.41, 5.74) is 1.87. The second kappa shape index (κ2) is 11.2. The van der Waals surface area contributed by atoms with Crippen molar-refractivity contribution in [3.8, 4) is 21.8 Å². The van der Waals surface area contributed by atoms with E-state index in [4.69, 9.17) is 16.6 Å². The predicted octanol–water partition coefficient (Wildman–Crippen LogP) is 5.92. The molecule has 2 aromatic heterocycles. The Kier molecular flexibility index (Phi) is 8.02. The topological polar surface area (TPSA) is 101 Å². The summed E-state index contributed by atoms with van der Waals surface area (Å²) in [4.78, 5) is 25.9. The van der Waals surface area contributed by atoms with Crippen LogP contribution in [0.1, 0.15) is 44.0 Å². The first kappa shape index (κ1) is 25.1. The molecule has 1 aliphatic rings. The molecule has 0 radical (unpaired) electrons. The molecular weight excluding hydrogens is 491 g/mol. The lowest BCUT2D eigenvalue weighted by molar-refractivity contribution is 0.168. The summed E-state index contributed by atoms with van der Waals surface area (Å²) in [7, 11) is 1.32. The van der Waals surface area contributed by atoms with Crippen molar-refractivity contribution in [1.82, 2.24) is 20.3 Å². The number of methoxy groups -OCH3 is 1. The Morgan fingerprint density at radius 1 is 1.31 bits per heavy atom. The average Bonchev–Trinajstić information content (AvgIpc) is 3.61. The lowest BCUT2D eigenvalue weighted by Gasteiger charge is -2.14. The van der Waals surface area contributed by atoms with Gasteiger partial charge in [0.25, 0.3) is 0 Å². The van der Waals surface area contributed by atoms with Gasteiger partial charge in [0, 0.05) is 41.8 Å². The normalized spacial score (nSPS) is 13.9. The number of ether oxygens (including phenoxy) is 1. The van der Waals surface area contributed by atoms with Crippen LogP contribution in [0.2, 0.25) is 5.02 Å². The zero-order valence-corrected chi connectivity index (χ0v) is 21.4. The molecule has 2 heterocycles. The van der Waals surface area contributed by atoms with E-state index in [2.05, 4.69) is 30.7 Å². The minimum atomic E-state index is -0.507. The zero-order valence-electron chi connectivity index (χ0n) is 19.8. The number of hydrogen-bond donors (Lipinski definition) is 3. The van der Waals surface area contributed by atoms with E-state index in [0.29, 0.717) is 52.6 Å². The second-order valence-corrected chi connectivity index (χ2v) is 9.90. The molecule has 1 amide bonds. The third-order valence-corrected chi connectivity index (χ3v) is 6.89. The van der Waals surface area contributed by atoms with Gasteiger partial charge in [-0.2, -0.15) is 0 Å². The molecule has 1 fully saturated rings. The minimum absolute atomic E-state index is 0.204. The SMILES string of the molecule is CCCNc1cc(Cl)cc(-c2nc(C3CC3)sc2-c2ccnc(NC[C@H](C)NC(=O)OC)n2)c1F. The molecular formula is C24H28ClFN6O2S. The first-order valence-corrected chi connectivity index (χ1v) is 12.7. The van der Waals surface area contributed by atoms with Crippen LogP contribution in [0.25, 0.3) is 21.8 Å². The number of carbonyl (C=O) groups excluding carboxylic acids is 1. The third-order valence-electron chi connectivity index (χ3n) is 5.43. The van der Waals surface area contributed by atoms with Crippen LogP contribution in [0.4, 0.5) is 20.8 Å². The molecule has 1 atom stereocenters. The largest absolute Gasteiger partial charge is 0.453 e. The molecule has 0 bridgehead atoms. The van der Waals surface area contributed by atoms with Crippen molar-refractivity contribution in [2.24, 2.45) is 0 Å². The Balaban J connectivity index is 1.66. The van der Waals surface area contributed by atoms with Crippen LogP contribution in [0.15, 0.2) is 24.4 Å². The van der Waals surface area contributed by atoms with Gasteiger partial charge in [0.05, 0.1) is 34.1 Å². The van der Waals surface area contributed by atoms with Gasteiger partial charge in [0.2, 0.25) is 5.95 Å². The maximum Gasteiger partial charge on any atom is 0.407 e. The number of benzene rings is 1. The fourth-order valence-corrected chi connectivity index (χ4v) is 4.91. The van der Waals surface area contributed by atoms with Crippen LogP contribution >= 0.6 is 22.9 Å². The molecule has 11 heteroatoms. The van der Waals surface area contributed by atoms with Gasteiger partial charge in [-0.3, -0.25) is 0 Å². The molecule has 4 rings (SSSR count). The molecule has 3 N–H and O–H groups in total. The van der Waals surface area contributed by atoms with Gasteiger partial charge in [-0.05, 0) is 44.4 Å². The van der Waals surface area contributed by atoms with Gasteiger partial charge >= 0.3 is 6.09 Å². The summed E-state index contributed by atoms with van der Waals surface area (Å²) >= 11 is 7.90. The second-order valence-electron chi connectivity index (χ2n) is 8.43. The molecule has 35 heavy (non-hydrogen) atoms. The number of thiazole rings is 1. The standard InChI is InChI=1S/C24H28ClFN6O2S/c1-4-8-27-18-11-15(25)10-16(19(18)26)20-21(35-22(32-20)14-5-6-14)17-7-9-28-23(31-17)29-12-13(2)30-24(33)34-3/h7,9-11,13-14,27H,4-6,8,12H2,1-3H3,(H,30,33)(H,28,29,31)/t13-/m0/s1. The number of aromatic nitrogens is 3. The van der Waals surface area contributed by atoms with Crippen molar-refractivity contribution in [3.63, 3.8) is 0 Å². The number of anilines is 2. The van der Waals surface area contributed by atoms with Crippen LogP contribution in [-0.2, 0) is 4.74 Å². The van der Waals surface area contributed by atoms with Crippen molar-refractivity contribution in [2.75, 3.05) is 30.8 Å². The van der Waals surface area contributed by atoms with Crippen LogP contribution in [0.5, 0.6) is 0 Å². The van der Waals surface area contributed by atoms with E-state index in [1.54, 1.807) is 24.4 Å². The number of alkyl carbamates (subject to hydrolysis) is 1. The molecule has 3 aromatic rings. The molecule has 1 aliphatic carbocycles. The van der Waals surface area contributed by atoms with Crippen LogP contribution < -0.4 is 16.0 Å². The smallest absolute Gasteiger partial charge is 0.407 e. The molecule has 1 aromatic carbocycles. The molecule has 186 valence electrons. The Morgan fingerprint density at radius 2 is 2.11 bits per heavy atom. The summed E-state index contributed by atoms with van der Waals surface area (Å²) in [5.74, 6) is 0.411. The molecule has 0 unspecified atom stereocenters. The first-order valence-electron chi connectivity index (χ1n) is 11.5. The van der Waals surface area contributed by atoms with Crippen LogP contribution in [-0.4, -0.2) is 47.3 Å². The van der Waals surface area contributed by atoms with Crippen molar-refractivity contribution < 1.29 is 13.9 Å². The summed E-state index contributed by atoms with van der Waals surface area (Å²) < 4.78 is 20.2. The fourth-order valence-electron chi connectivity index (χ4n) is 3.47. The first-order chi connectivity index (χ1) is 16.9. The van der Waals surface area contributed by atoms with E-state index >= 15 is 4.39 Å². The zero-order chi connectivity index (χ0) is 24.9. The molecule has 0 saturated heterocycles. The Labute approximate surface area is 212 Å². The summed E-state index contributed by atoms with van der Waals surface area (Å²) in [6.45, 7) is 4.89. The average molecular weight is 519 g/mol. The third kappa shape index (κ3) is 6.18. The molecule has 8 nitrogen and oxygen atoms in total. The highest BCUT2D eigenvalue weighted by Gasteiger charge is 2.30. The van der Waals surface area contributed by atoms with Gasteiger partial charge in [-0.15, -0.1) is 11.3 Å². The number of rotatable bonds is 10. The number of nitrogens with one attached hydrogen (secondary N) is 3. The summed E-state index contributed by atoms with van der Waals surface area (Å²) in [6.07, 6.45) is 4.16. The Bertz CT molecular complexity index is 1200. The highest BCUT2D eigenvalue weighted by molar-refractivity contribution is 7.15. The molecule has 0 spiro atoms. The van der Waals surface area contributed by atoms with E-state index < -0.39 is 6.09 Å². The van der Waals surface area contributed by atoms with Gasteiger partial charge < -0.3 is 20.7 Å². The number of nitrogens with zero attached hydrogens (tertiary/aromatic N) is 3. The van der Waals surface area contributed by atoms with Gasteiger partial charge in [0.15, 0.2) is 5.82 Å². The highest BCUT2D eigenvalue weighted by Crippen LogP contribution is 2.47. The maximum absolute atomic E-state index is 15.6. The van der Waals surface area contributed by atoms with E-state index in [0.717, 1.165) is 29.1 Å². The van der Waals surface area contributed by atoms with Crippen molar-refractivity contribution >= 4 is 40.7 Å². The number of halogens is 2. The van der Waals surface area contributed by atoms with Gasteiger partial charge in [-0.1, -0.05) is 18.5 Å². The summed E-state index contributed by atoms with van der Waals surface area (Å²) in [6, 6.07) is 4.79. The van der Waals surface area contributed by atoms with Crippen LogP contribution in [0.3, 0.4) is 0 Å². The van der Waals surface area contributed by atoms with Crippen LogP contribution in [0, 0.1) is 5.82 Å². The maximum atomic E-state index is 15.6. The Morgan fingerprint density at radius 3 is 2.83 bits per heavy atom. The lowest BCUT2D eigenvalue weighted by atomic mass is 10.1. The number of hydrogen-bond acceptors (Lipinski definition) is 8. The monoisotopic (exact) mass is 518 g/mol. The van der Waals surface area contributed by atoms with Crippen molar-refractivity contribution in [1.29, 1.82) is 0 Å². The fraction of sp³-hybridized carbons (Fsp3) is 0.417. The van der Waals surface area contributed by atoms with Gasteiger partial charge in [-0.25, -0.2) is 24.1 Å². The van der Waals surface area contributed by atoms with Crippen molar-refractivity contribution in [3.05, 3.63) is 40.2 Å². The minimum Gasteiger partial charge on any atom is -0.453 e.